The Morgan fingerprint density at radius 3 is 2.29 bits per heavy atom. The van der Waals surface area contributed by atoms with E-state index in [-0.39, 0.29) is 17.9 Å². The molecule has 2 aromatic rings. The molecular weight excluding hydrogens is 404 g/mol. The van der Waals surface area contributed by atoms with Crippen LogP contribution < -0.4 is 5.32 Å². The first-order chi connectivity index (χ1) is 14.9. The fraction of sp³-hybridized carbons (Fsp3) is 0.462. The maximum atomic E-state index is 13.2. The quantitative estimate of drug-likeness (QED) is 0.598. The fourth-order valence-corrected chi connectivity index (χ4v) is 4.98. The van der Waals surface area contributed by atoms with Crippen molar-refractivity contribution in [3.63, 3.8) is 0 Å². The molecular formula is C26H34N2O2S. The molecule has 0 aromatic heterocycles. The summed E-state index contributed by atoms with van der Waals surface area (Å²) in [5, 5.41) is 3.16. The predicted octanol–water partition coefficient (Wildman–Crippen LogP) is 5.01. The molecule has 3 rings (SSSR count). The zero-order chi connectivity index (χ0) is 22.2. The molecule has 0 unspecified atom stereocenters. The molecule has 0 radical (unpaired) electrons. The average Bonchev–Trinajstić information content (AvgIpc) is 3.24. The molecule has 0 spiro atoms. The van der Waals surface area contributed by atoms with Gasteiger partial charge in [0.25, 0.3) is 0 Å². The van der Waals surface area contributed by atoms with Crippen LogP contribution >= 0.6 is 11.8 Å². The van der Waals surface area contributed by atoms with E-state index in [1.54, 1.807) is 16.7 Å². The van der Waals surface area contributed by atoms with Crippen molar-refractivity contribution >= 4 is 23.6 Å². The van der Waals surface area contributed by atoms with Crippen molar-refractivity contribution in [2.45, 2.75) is 70.8 Å². The third-order valence-corrected chi connectivity index (χ3v) is 6.87. The van der Waals surface area contributed by atoms with Crippen LogP contribution in [-0.2, 0) is 21.9 Å². The molecule has 31 heavy (non-hydrogen) atoms. The van der Waals surface area contributed by atoms with Crippen LogP contribution in [0.15, 0.2) is 48.5 Å². The predicted molar refractivity (Wildman–Crippen MR) is 129 cm³/mol. The van der Waals surface area contributed by atoms with Crippen molar-refractivity contribution in [3.8, 4) is 0 Å². The minimum Gasteiger partial charge on any atom is -0.352 e. The van der Waals surface area contributed by atoms with Gasteiger partial charge in [-0.1, -0.05) is 72.5 Å². The second-order valence-electron chi connectivity index (χ2n) is 8.66. The Morgan fingerprint density at radius 2 is 1.65 bits per heavy atom. The maximum absolute atomic E-state index is 13.2. The molecule has 1 aliphatic carbocycles. The minimum atomic E-state index is -0.492. The summed E-state index contributed by atoms with van der Waals surface area (Å²) in [6.07, 6.45) is 4.41. The van der Waals surface area contributed by atoms with Gasteiger partial charge in [0.1, 0.15) is 6.04 Å². The van der Waals surface area contributed by atoms with E-state index < -0.39 is 6.04 Å². The van der Waals surface area contributed by atoms with Gasteiger partial charge < -0.3 is 10.2 Å². The fourth-order valence-electron chi connectivity index (χ4n) is 4.12. The minimum absolute atomic E-state index is 0.00762. The van der Waals surface area contributed by atoms with Gasteiger partial charge in [-0.2, -0.15) is 0 Å². The summed E-state index contributed by atoms with van der Waals surface area (Å²) in [6, 6.07) is 16.3. The standard InChI is InChI=1S/C26H34N2O2S/c1-19-8-6-10-22(14-19)16-28(21(3)26(30)27-24-12-4-5-13-24)25(29)18-31-17-23-11-7-9-20(2)15-23/h6-11,14-15,21,24H,4-5,12-13,16-18H2,1-3H3,(H,27,30)/t21-/m1/s1. The van der Waals surface area contributed by atoms with Gasteiger partial charge in [-0.15, -0.1) is 11.8 Å². The number of aryl methyl sites for hydroxylation is 2. The maximum Gasteiger partial charge on any atom is 0.242 e. The van der Waals surface area contributed by atoms with Gasteiger partial charge in [0.05, 0.1) is 5.75 Å². The van der Waals surface area contributed by atoms with Gasteiger partial charge in [-0.25, -0.2) is 0 Å². The van der Waals surface area contributed by atoms with E-state index in [2.05, 4.69) is 36.5 Å². The van der Waals surface area contributed by atoms with E-state index in [1.165, 1.54) is 24.0 Å². The van der Waals surface area contributed by atoms with E-state index in [1.807, 2.05) is 38.1 Å². The Labute approximate surface area is 190 Å². The Bertz CT molecular complexity index is 892. The van der Waals surface area contributed by atoms with E-state index >= 15 is 0 Å². The number of carbonyl (C=O) groups is 2. The molecule has 1 atom stereocenters. The van der Waals surface area contributed by atoms with Crippen molar-refractivity contribution in [2.75, 3.05) is 5.75 Å². The van der Waals surface area contributed by atoms with E-state index in [0.29, 0.717) is 12.3 Å². The van der Waals surface area contributed by atoms with Gasteiger partial charge in [-0.05, 0) is 44.7 Å². The summed E-state index contributed by atoms with van der Waals surface area (Å²) in [5.41, 5.74) is 4.65. The van der Waals surface area contributed by atoms with Crippen LogP contribution in [0.1, 0.15) is 54.9 Å². The van der Waals surface area contributed by atoms with Crippen molar-refractivity contribution in [1.82, 2.24) is 10.2 Å². The van der Waals surface area contributed by atoms with Crippen molar-refractivity contribution in [3.05, 3.63) is 70.8 Å². The lowest BCUT2D eigenvalue weighted by molar-refractivity contribution is -0.138. The first kappa shape index (κ1) is 23.4. The molecule has 0 saturated heterocycles. The number of hydrogen-bond donors (Lipinski definition) is 1. The zero-order valence-corrected chi connectivity index (χ0v) is 19.7. The molecule has 2 aromatic carbocycles. The van der Waals surface area contributed by atoms with Crippen molar-refractivity contribution in [2.24, 2.45) is 0 Å². The first-order valence-corrected chi connectivity index (χ1v) is 12.4. The molecule has 1 fully saturated rings. The SMILES string of the molecule is Cc1cccc(CSCC(=O)N(Cc2cccc(C)c2)[C@H](C)C(=O)NC2CCCC2)c1. The number of carbonyl (C=O) groups excluding carboxylic acids is 2. The van der Waals surface area contributed by atoms with Crippen LogP contribution in [0.3, 0.4) is 0 Å². The molecule has 0 heterocycles. The third kappa shape index (κ3) is 7.13. The van der Waals surface area contributed by atoms with E-state index in [4.69, 9.17) is 0 Å². The average molecular weight is 439 g/mol. The topological polar surface area (TPSA) is 49.4 Å². The number of benzene rings is 2. The number of nitrogens with one attached hydrogen (secondary N) is 1. The van der Waals surface area contributed by atoms with Crippen LogP contribution in [0, 0.1) is 13.8 Å². The number of nitrogens with zero attached hydrogens (tertiary/aromatic N) is 1. The number of amides is 2. The van der Waals surface area contributed by atoms with Crippen LogP contribution in [-0.4, -0.2) is 34.6 Å². The highest BCUT2D eigenvalue weighted by Gasteiger charge is 2.28. The summed E-state index contributed by atoms with van der Waals surface area (Å²) in [6.45, 7) is 6.42. The highest BCUT2D eigenvalue weighted by Crippen LogP contribution is 2.20. The monoisotopic (exact) mass is 438 g/mol. The molecule has 166 valence electrons. The highest BCUT2D eigenvalue weighted by atomic mass is 32.2. The molecule has 2 amide bonds. The number of hydrogen-bond acceptors (Lipinski definition) is 3. The molecule has 1 N–H and O–H groups in total. The smallest absolute Gasteiger partial charge is 0.242 e. The highest BCUT2D eigenvalue weighted by molar-refractivity contribution is 7.99. The molecule has 4 nitrogen and oxygen atoms in total. The lowest BCUT2D eigenvalue weighted by atomic mass is 10.1. The largest absolute Gasteiger partial charge is 0.352 e. The third-order valence-electron chi connectivity index (χ3n) is 5.88. The molecule has 1 aliphatic rings. The van der Waals surface area contributed by atoms with Gasteiger partial charge in [0.15, 0.2) is 0 Å². The molecule has 0 aliphatic heterocycles. The summed E-state index contributed by atoms with van der Waals surface area (Å²) in [7, 11) is 0. The summed E-state index contributed by atoms with van der Waals surface area (Å²) in [4.78, 5) is 27.9. The second-order valence-corrected chi connectivity index (χ2v) is 9.64. The summed E-state index contributed by atoms with van der Waals surface area (Å²) < 4.78 is 0. The Hall–Kier alpha value is -2.27. The molecule has 1 saturated carbocycles. The van der Waals surface area contributed by atoms with Crippen LogP contribution in [0.25, 0.3) is 0 Å². The molecule has 5 heteroatoms. The van der Waals surface area contributed by atoms with Crippen LogP contribution in [0.5, 0.6) is 0 Å². The lowest BCUT2D eigenvalue weighted by Crippen LogP contribution is -2.50. The normalized spacial score (nSPS) is 14.9. The Kier molecular flexibility index (Phi) is 8.59. The second kappa shape index (κ2) is 11.4. The van der Waals surface area contributed by atoms with Crippen molar-refractivity contribution < 1.29 is 9.59 Å². The van der Waals surface area contributed by atoms with E-state index in [9.17, 15) is 9.59 Å². The zero-order valence-electron chi connectivity index (χ0n) is 18.9. The van der Waals surface area contributed by atoms with Crippen LogP contribution in [0.2, 0.25) is 0 Å². The number of thioether (sulfide) groups is 1. The molecule has 0 bridgehead atoms. The van der Waals surface area contributed by atoms with Gasteiger partial charge in [0, 0.05) is 18.3 Å². The number of rotatable bonds is 9. The van der Waals surface area contributed by atoms with Crippen molar-refractivity contribution in [1.29, 1.82) is 0 Å². The summed E-state index contributed by atoms with van der Waals surface area (Å²) in [5.74, 6) is 1.11. The summed E-state index contributed by atoms with van der Waals surface area (Å²) >= 11 is 1.60. The first-order valence-electron chi connectivity index (χ1n) is 11.2. The Balaban J connectivity index is 1.65. The Morgan fingerprint density at radius 1 is 1.03 bits per heavy atom. The lowest BCUT2D eigenvalue weighted by Gasteiger charge is -2.30. The van der Waals surface area contributed by atoms with Gasteiger partial charge in [-0.3, -0.25) is 9.59 Å². The van der Waals surface area contributed by atoms with Gasteiger partial charge >= 0.3 is 0 Å². The van der Waals surface area contributed by atoms with E-state index in [0.717, 1.165) is 29.7 Å². The van der Waals surface area contributed by atoms with Crippen LogP contribution in [0.4, 0.5) is 0 Å². The van der Waals surface area contributed by atoms with Gasteiger partial charge in [0.2, 0.25) is 11.8 Å².